The van der Waals surface area contributed by atoms with Crippen LogP contribution in [0.5, 0.6) is 0 Å². The number of hydrogen-bond acceptors (Lipinski definition) is 3. The van der Waals surface area contributed by atoms with Gasteiger partial charge in [0.2, 0.25) is 0 Å². The molecule has 22 heavy (non-hydrogen) atoms. The Hall–Kier alpha value is -2.55. The van der Waals surface area contributed by atoms with Gasteiger partial charge in [0, 0.05) is 17.3 Å². The van der Waals surface area contributed by atoms with Gasteiger partial charge in [-0.25, -0.2) is 0 Å². The van der Waals surface area contributed by atoms with Gasteiger partial charge >= 0.3 is 0 Å². The number of hydrogen-bond donors (Lipinski definition) is 0. The van der Waals surface area contributed by atoms with Crippen molar-refractivity contribution in [2.24, 2.45) is 10.9 Å². The van der Waals surface area contributed by atoms with E-state index in [1.165, 1.54) is 6.21 Å². The fourth-order valence-electron chi connectivity index (χ4n) is 2.72. The number of Topliss-reactive ketones (excluding diaryl/α,β-unsaturated/α-hetero) is 2. The Bertz CT molecular complexity index is 747. The molecule has 1 unspecified atom stereocenters. The molecular weight excluding hydrogens is 274 g/mol. The number of fused-ring (bicyclic) bond motifs is 1. The first kappa shape index (κ1) is 14.4. The number of carbonyl (C=O) groups excluding carboxylic acids is 2. The summed E-state index contributed by atoms with van der Waals surface area (Å²) in [6, 6.07) is 14.9. The van der Waals surface area contributed by atoms with Crippen LogP contribution in [0.1, 0.15) is 39.6 Å². The molecule has 0 spiro atoms. The Balaban J connectivity index is 1.88. The largest absolute Gasteiger partial charge is 0.293 e. The molecule has 2 aromatic carbocycles. The van der Waals surface area contributed by atoms with E-state index in [-0.39, 0.29) is 11.6 Å². The molecule has 0 heterocycles. The maximum Gasteiger partial charge on any atom is 0.179 e. The summed E-state index contributed by atoms with van der Waals surface area (Å²) in [4.78, 5) is 29.1. The average Bonchev–Trinajstić information content (AvgIpc) is 2.78. The van der Waals surface area contributed by atoms with Crippen molar-refractivity contribution in [3.63, 3.8) is 0 Å². The zero-order chi connectivity index (χ0) is 15.5. The molecule has 3 rings (SSSR count). The number of aryl methyl sites for hydroxylation is 1. The van der Waals surface area contributed by atoms with Crippen LogP contribution in [0.15, 0.2) is 53.5 Å². The van der Waals surface area contributed by atoms with Crippen molar-refractivity contribution in [2.45, 2.75) is 19.8 Å². The van der Waals surface area contributed by atoms with Crippen molar-refractivity contribution in [2.75, 3.05) is 0 Å². The lowest BCUT2D eigenvalue weighted by Crippen LogP contribution is -2.16. The highest BCUT2D eigenvalue weighted by Gasteiger charge is 2.37. The van der Waals surface area contributed by atoms with Gasteiger partial charge in [0.05, 0.1) is 5.69 Å². The minimum absolute atomic E-state index is 0.141. The van der Waals surface area contributed by atoms with E-state index < -0.39 is 5.92 Å². The van der Waals surface area contributed by atoms with Crippen molar-refractivity contribution in [3.05, 3.63) is 65.2 Å². The van der Waals surface area contributed by atoms with Gasteiger partial charge in [-0.05, 0) is 30.2 Å². The summed E-state index contributed by atoms with van der Waals surface area (Å²) in [7, 11) is 0. The molecule has 0 radical (unpaired) electrons. The second-order valence-electron chi connectivity index (χ2n) is 5.45. The second-order valence-corrected chi connectivity index (χ2v) is 5.45. The fraction of sp³-hybridized carbons (Fsp3) is 0.211. The van der Waals surface area contributed by atoms with Crippen LogP contribution in [0, 0.1) is 5.92 Å². The number of ketones is 2. The first-order valence-electron chi connectivity index (χ1n) is 7.51. The highest BCUT2D eigenvalue weighted by atomic mass is 16.2. The van der Waals surface area contributed by atoms with Gasteiger partial charge in [-0.2, -0.15) is 0 Å². The normalized spacial score (nSPS) is 17.2. The molecule has 3 nitrogen and oxygen atoms in total. The van der Waals surface area contributed by atoms with E-state index in [0.717, 1.165) is 24.1 Å². The molecule has 0 bridgehead atoms. The molecule has 0 N–H and O–H groups in total. The third-order valence-electron chi connectivity index (χ3n) is 3.85. The summed E-state index contributed by atoms with van der Waals surface area (Å²) in [5.74, 6) is -1.08. The van der Waals surface area contributed by atoms with E-state index in [1.807, 2.05) is 42.5 Å². The van der Waals surface area contributed by atoms with Crippen LogP contribution in [0.3, 0.4) is 0 Å². The molecule has 0 aromatic heterocycles. The van der Waals surface area contributed by atoms with Crippen molar-refractivity contribution < 1.29 is 9.59 Å². The fourth-order valence-corrected chi connectivity index (χ4v) is 2.72. The molecule has 0 saturated heterocycles. The third kappa shape index (κ3) is 2.62. The minimum atomic E-state index is -0.785. The molecule has 0 fully saturated rings. The van der Waals surface area contributed by atoms with E-state index in [9.17, 15) is 9.59 Å². The molecule has 1 aliphatic rings. The summed E-state index contributed by atoms with van der Waals surface area (Å²) >= 11 is 0. The zero-order valence-electron chi connectivity index (χ0n) is 12.5. The summed E-state index contributed by atoms with van der Waals surface area (Å²) in [5.41, 5.74) is 2.91. The number of carbonyl (C=O) groups is 2. The molecule has 110 valence electrons. The average molecular weight is 291 g/mol. The van der Waals surface area contributed by atoms with Crippen molar-refractivity contribution >= 4 is 23.5 Å². The van der Waals surface area contributed by atoms with E-state index in [1.54, 1.807) is 6.07 Å². The number of rotatable bonds is 4. The molecular formula is C19H17NO2. The topological polar surface area (TPSA) is 46.5 Å². The maximum atomic E-state index is 12.5. The van der Waals surface area contributed by atoms with Crippen LogP contribution in [-0.2, 0) is 6.42 Å². The Morgan fingerprint density at radius 2 is 1.73 bits per heavy atom. The molecule has 0 saturated carbocycles. The van der Waals surface area contributed by atoms with Gasteiger partial charge < -0.3 is 0 Å². The Morgan fingerprint density at radius 1 is 1.00 bits per heavy atom. The van der Waals surface area contributed by atoms with E-state index in [2.05, 4.69) is 11.9 Å². The Kier molecular flexibility index (Phi) is 3.96. The predicted octanol–water partition coefficient (Wildman–Crippen LogP) is 4.04. The number of aliphatic imine (C=N–C) groups is 1. The molecule has 1 atom stereocenters. The molecule has 3 heteroatoms. The molecule has 0 amide bonds. The summed E-state index contributed by atoms with van der Waals surface area (Å²) in [6.45, 7) is 2.09. The molecule has 0 aliphatic heterocycles. The summed E-state index contributed by atoms with van der Waals surface area (Å²) in [6.07, 6.45) is 3.40. The number of benzene rings is 2. The van der Waals surface area contributed by atoms with Crippen LogP contribution < -0.4 is 0 Å². The first-order chi connectivity index (χ1) is 10.7. The molecule has 2 aromatic rings. The van der Waals surface area contributed by atoms with E-state index >= 15 is 0 Å². The van der Waals surface area contributed by atoms with Gasteiger partial charge in [0.25, 0.3) is 0 Å². The monoisotopic (exact) mass is 291 g/mol. The lowest BCUT2D eigenvalue weighted by Gasteiger charge is -2.01. The Labute approximate surface area is 129 Å². The maximum absolute atomic E-state index is 12.5. The first-order valence-corrected chi connectivity index (χ1v) is 7.51. The minimum Gasteiger partial charge on any atom is -0.293 e. The van der Waals surface area contributed by atoms with Gasteiger partial charge in [-0.3, -0.25) is 14.6 Å². The van der Waals surface area contributed by atoms with Gasteiger partial charge in [-0.15, -0.1) is 0 Å². The van der Waals surface area contributed by atoms with Gasteiger partial charge in [-0.1, -0.05) is 43.7 Å². The van der Waals surface area contributed by atoms with Crippen molar-refractivity contribution in [1.82, 2.24) is 0 Å². The van der Waals surface area contributed by atoms with Gasteiger partial charge in [0.1, 0.15) is 5.92 Å². The number of nitrogens with zero attached hydrogens (tertiary/aromatic N) is 1. The van der Waals surface area contributed by atoms with Crippen LogP contribution >= 0.6 is 0 Å². The van der Waals surface area contributed by atoms with Crippen LogP contribution in [0.4, 0.5) is 5.69 Å². The van der Waals surface area contributed by atoms with Crippen LogP contribution in [0.25, 0.3) is 0 Å². The van der Waals surface area contributed by atoms with Gasteiger partial charge in [0.15, 0.2) is 11.6 Å². The van der Waals surface area contributed by atoms with Crippen molar-refractivity contribution in [3.8, 4) is 0 Å². The predicted molar refractivity (Wildman–Crippen MR) is 87.2 cm³/mol. The highest BCUT2D eigenvalue weighted by Crippen LogP contribution is 2.28. The smallest absolute Gasteiger partial charge is 0.179 e. The number of para-hydroxylation sites is 1. The molecule has 1 aliphatic carbocycles. The van der Waals surface area contributed by atoms with Crippen LogP contribution in [0.2, 0.25) is 0 Å². The van der Waals surface area contributed by atoms with E-state index in [4.69, 9.17) is 0 Å². The summed E-state index contributed by atoms with van der Waals surface area (Å²) in [5, 5.41) is 0. The van der Waals surface area contributed by atoms with Crippen LogP contribution in [-0.4, -0.2) is 17.8 Å². The highest BCUT2D eigenvalue weighted by molar-refractivity contribution is 6.33. The second kappa shape index (κ2) is 6.06. The lowest BCUT2D eigenvalue weighted by molar-refractivity contribution is 0.0886. The van der Waals surface area contributed by atoms with Crippen molar-refractivity contribution in [1.29, 1.82) is 0 Å². The lowest BCUT2D eigenvalue weighted by atomic mass is 10.0. The Morgan fingerprint density at radius 3 is 2.45 bits per heavy atom. The standard InChI is InChI=1S/C19H17NO2/c1-2-6-13-9-10-15-16(11-13)19(22)17(18(15)21)12-20-14-7-4-3-5-8-14/h3-5,7-12,17H,2,6H2,1H3. The summed E-state index contributed by atoms with van der Waals surface area (Å²) < 4.78 is 0. The zero-order valence-corrected chi connectivity index (χ0v) is 12.5. The van der Waals surface area contributed by atoms with E-state index in [0.29, 0.717) is 11.1 Å². The quantitative estimate of drug-likeness (QED) is 0.630. The third-order valence-corrected chi connectivity index (χ3v) is 3.85. The SMILES string of the molecule is CCCc1ccc2c(c1)C(=O)C(C=Nc1ccccc1)C2=O.